The lowest BCUT2D eigenvalue weighted by atomic mass is 9.73. The van der Waals surface area contributed by atoms with Gasteiger partial charge in [-0.25, -0.2) is 0 Å². The SMILES string of the molecule is NC(=O)CC(=O)NC(C1CCCCC1)C1CCCCC1. The van der Waals surface area contributed by atoms with Crippen molar-refractivity contribution in [2.75, 3.05) is 0 Å². The van der Waals surface area contributed by atoms with Crippen LogP contribution in [0.15, 0.2) is 0 Å². The van der Waals surface area contributed by atoms with Crippen molar-refractivity contribution in [2.24, 2.45) is 17.6 Å². The normalized spacial score (nSPS) is 21.9. The van der Waals surface area contributed by atoms with E-state index in [9.17, 15) is 9.59 Å². The Kier molecular flexibility index (Phi) is 5.86. The lowest BCUT2D eigenvalue weighted by molar-refractivity contribution is -0.128. The van der Waals surface area contributed by atoms with E-state index >= 15 is 0 Å². The van der Waals surface area contributed by atoms with Crippen LogP contribution in [0.3, 0.4) is 0 Å². The third-order valence-corrected chi connectivity index (χ3v) is 4.98. The lowest BCUT2D eigenvalue weighted by Crippen LogP contribution is -2.47. The molecule has 0 aromatic carbocycles. The van der Waals surface area contributed by atoms with Crippen LogP contribution in [0.1, 0.15) is 70.6 Å². The zero-order valence-electron chi connectivity index (χ0n) is 12.4. The molecule has 0 unspecified atom stereocenters. The number of hydrogen-bond acceptors (Lipinski definition) is 2. The van der Waals surface area contributed by atoms with Crippen LogP contribution in [-0.4, -0.2) is 17.9 Å². The molecule has 0 saturated heterocycles. The number of nitrogens with two attached hydrogens (primary N) is 1. The molecule has 4 nitrogen and oxygen atoms in total. The smallest absolute Gasteiger partial charge is 0.229 e. The van der Waals surface area contributed by atoms with Crippen LogP contribution in [0, 0.1) is 11.8 Å². The molecule has 0 heterocycles. The summed E-state index contributed by atoms with van der Waals surface area (Å²) >= 11 is 0. The van der Waals surface area contributed by atoms with Gasteiger partial charge in [0.1, 0.15) is 6.42 Å². The zero-order valence-corrected chi connectivity index (χ0v) is 12.4. The minimum atomic E-state index is -0.534. The Morgan fingerprint density at radius 3 is 1.75 bits per heavy atom. The molecule has 2 aliphatic carbocycles. The van der Waals surface area contributed by atoms with Crippen LogP contribution in [-0.2, 0) is 9.59 Å². The molecule has 0 bridgehead atoms. The molecule has 2 saturated carbocycles. The molecular formula is C16H28N2O2. The third-order valence-electron chi connectivity index (χ3n) is 4.98. The highest BCUT2D eigenvalue weighted by molar-refractivity contribution is 5.96. The second-order valence-corrected chi connectivity index (χ2v) is 6.53. The van der Waals surface area contributed by atoms with Crippen molar-refractivity contribution >= 4 is 11.8 Å². The van der Waals surface area contributed by atoms with Crippen LogP contribution in [0.25, 0.3) is 0 Å². The van der Waals surface area contributed by atoms with Crippen molar-refractivity contribution in [3.8, 4) is 0 Å². The van der Waals surface area contributed by atoms with E-state index in [1.54, 1.807) is 0 Å². The maximum absolute atomic E-state index is 11.9. The molecule has 2 aliphatic rings. The molecule has 0 aliphatic heterocycles. The molecule has 0 radical (unpaired) electrons. The Morgan fingerprint density at radius 2 is 1.35 bits per heavy atom. The Balaban J connectivity index is 1.98. The highest BCUT2D eigenvalue weighted by atomic mass is 16.2. The van der Waals surface area contributed by atoms with Gasteiger partial charge in [-0.2, -0.15) is 0 Å². The molecule has 20 heavy (non-hydrogen) atoms. The Hall–Kier alpha value is -1.06. The Bertz CT molecular complexity index is 313. The number of carbonyl (C=O) groups excluding carboxylic acids is 2. The quantitative estimate of drug-likeness (QED) is 0.759. The molecule has 2 amide bonds. The van der Waals surface area contributed by atoms with Crippen LogP contribution >= 0.6 is 0 Å². The first kappa shape index (κ1) is 15.3. The topological polar surface area (TPSA) is 72.2 Å². The summed E-state index contributed by atoms with van der Waals surface area (Å²) in [5, 5.41) is 3.15. The fraction of sp³-hybridized carbons (Fsp3) is 0.875. The van der Waals surface area contributed by atoms with Gasteiger partial charge in [-0.1, -0.05) is 38.5 Å². The second kappa shape index (κ2) is 7.65. The minimum Gasteiger partial charge on any atom is -0.369 e. The summed E-state index contributed by atoms with van der Waals surface area (Å²) < 4.78 is 0. The van der Waals surface area contributed by atoms with Crippen LogP contribution in [0.4, 0.5) is 0 Å². The van der Waals surface area contributed by atoms with Gasteiger partial charge in [0.25, 0.3) is 0 Å². The molecule has 2 rings (SSSR count). The first-order valence-corrected chi connectivity index (χ1v) is 8.24. The summed E-state index contributed by atoms with van der Waals surface area (Å²) in [6.45, 7) is 0. The van der Waals surface area contributed by atoms with Gasteiger partial charge in [0, 0.05) is 6.04 Å². The number of carbonyl (C=O) groups is 2. The highest BCUT2D eigenvalue weighted by Crippen LogP contribution is 2.35. The van der Waals surface area contributed by atoms with E-state index in [4.69, 9.17) is 5.73 Å². The van der Waals surface area contributed by atoms with Crippen molar-refractivity contribution in [2.45, 2.75) is 76.7 Å². The van der Waals surface area contributed by atoms with Crippen molar-refractivity contribution in [1.82, 2.24) is 5.32 Å². The number of nitrogens with one attached hydrogen (secondary N) is 1. The van der Waals surface area contributed by atoms with Crippen LogP contribution < -0.4 is 11.1 Å². The minimum absolute atomic E-state index is 0.171. The monoisotopic (exact) mass is 280 g/mol. The third kappa shape index (κ3) is 4.50. The molecule has 114 valence electrons. The summed E-state index contributed by atoms with van der Waals surface area (Å²) in [7, 11) is 0. The van der Waals surface area contributed by atoms with E-state index in [1.807, 2.05) is 0 Å². The van der Waals surface area contributed by atoms with Gasteiger partial charge in [-0.15, -0.1) is 0 Å². The predicted molar refractivity (Wildman–Crippen MR) is 78.9 cm³/mol. The molecular weight excluding hydrogens is 252 g/mol. The summed E-state index contributed by atoms with van der Waals surface area (Å²) in [6.07, 6.45) is 12.5. The van der Waals surface area contributed by atoms with Crippen LogP contribution in [0.2, 0.25) is 0 Å². The van der Waals surface area contributed by atoms with E-state index in [0.29, 0.717) is 11.8 Å². The molecule has 0 spiro atoms. The predicted octanol–water partition coefficient (Wildman–Crippen LogP) is 2.51. The fourth-order valence-corrected chi connectivity index (χ4v) is 4.00. The van der Waals surface area contributed by atoms with Gasteiger partial charge in [0.05, 0.1) is 0 Å². The lowest BCUT2D eigenvalue weighted by Gasteiger charge is -2.38. The molecule has 2 fully saturated rings. The average molecular weight is 280 g/mol. The van der Waals surface area contributed by atoms with Gasteiger partial charge in [0.15, 0.2) is 0 Å². The van der Waals surface area contributed by atoms with Gasteiger partial charge in [-0.05, 0) is 37.5 Å². The van der Waals surface area contributed by atoms with E-state index in [2.05, 4.69) is 5.32 Å². The zero-order chi connectivity index (χ0) is 14.4. The fourth-order valence-electron chi connectivity index (χ4n) is 4.00. The van der Waals surface area contributed by atoms with Crippen molar-refractivity contribution in [3.63, 3.8) is 0 Å². The Morgan fingerprint density at radius 1 is 0.900 bits per heavy atom. The Labute approximate surface area is 121 Å². The van der Waals surface area contributed by atoms with E-state index in [1.165, 1.54) is 64.2 Å². The van der Waals surface area contributed by atoms with Gasteiger partial charge in [0.2, 0.25) is 11.8 Å². The van der Waals surface area contributed by atoms with Crippen molar-refractivity contribution in [1.29, 1.82) is 0 Å². The number of hydrogen-bond donors (Lipinski definition) is 2. The highest BCUT2D eigenvalue weighted by Gasteiger charge is 2.32. The maximum Gasteiger partial charge on any atom is 0.229 e. The van der Waals surface area contributed by atoms with Gasteiger partial charge in [-0.3, -0.25) is 9.59 Å². The first-order valence-electron chi connectivity index (χ1n) is 8.24. The summed E-state index contributed by atoms with van der Waals surface area (Å²) in [5.41, 5.74) is 5.13. The summed E-state index contributed by atoms with van der Waals surface area (Å²) in [6, 6.07) is 0.266. The van der Waals surface area contributed by atoms with E-state index in [-0.39, 0.29) is 18.4 Å². The molecule has 0 atom stereocenters. The van der Waals surface area contributed by atoms with Crippen molar-refractivity contribution < 1.29 is 9.59 Å². The summed E-state index contributed by atoms with van der Waals surface area (Å²) in [4.78, 5) is 22.8. The molecule has 0 aromatic heterocycles. The van der Waals surface area contributed by atoms with Gasteiger partial charge >= 0.3 is 0 Å². The van der Waals surface area contributed by atoms with E-state index < -0.39 is 5.91 Å². The summed E-state index contributed by atoms with van der Waals surface area (Å²) in [5.74, 6) is 0.486. The largest absolute Gasteiger partial charge is 0.369 e. The van der Waals surface area contributed by atoms with Gasteiger partial charge < -0.3 is 11.1 Å². The standard InChI is InChI=1S/C16H28N2O2/c17-14(19)11-15(20)18-16(12-7-3-1-4-8-12)13-9-5-2-6-10-13/h12-13,16H,1-11H2,(H2,17,19)(H,18,20). The average Bonchev–Trinajstić information content (AvgIpc) is 2.46. The van der Waals surface area contributed by atoms with E-state index in [0.717, 1.165) is 0 Å². The second-order valence-electron chi connectivity index (χ2n) is 6.53. The number of primary amides is 1. The first-order chi connectivity index (χ1) is 9.66. The maximum atomic E-state index is 11.9. The number of amides is 2. The molecule has 4 heteroatoms. The molecule has 3 N–H and O–H groups in total. The van der Waals surface area contributed by atoms with Crippen molar-refractivity contribution in [3.05, 3.63) is 0 Å². The number of rotatable bonds is 5. The molecule has 0 aromatic rings. The van der Waals surface area contributed by atoms with Crippen LogP contribution in [0.5, 0.6) is 0 Å².